The van der Waals surface area contributed by atoms with Gasteiger partial charge >= 0.3 is 12.1 Å². The lowest BCUT2D eigenvalue weighted by atomic mass is 9.87. The molecule has 0 saturated carbocycles. The zero-order chi connectivity index (χ0) is 22.5. The minimum Gasteiger partial charge on any atom is -0.475 e. The summed E-state index contributed by atoms with van der Waals surface area (Å²) in [4.78, 5) is 15.7. The number of anilines is 1. The quantitative estimate of drug-likeness (QED) is 0.754. The summed E-state index contributed by atoms with van der Waals surface area (Å²) >= 11 is 0. The summed E-state index contributed by atoms with van der Waals surface area (Å²) in [5, 5.41) is 15.1. The predicted octanol–water partition coefficient (Wildman–Crippen LogP) is 2.68. The predicted molar refractivity (Wildman–Crippen MR) is 106 cm³/mol. The molecule has 1 unspecified atom stereocenters. The van der Waals surface area contributed by atoms with E-state index in [0.29, 0.717) is 6.04 Å². The number of hydrogen-bond acceptors (Lipinski definition) is 6. The van der Waals surface area contributed by atoms with Crippen molar-refractivity contribution < 1.29 is 27.8 Å². The number of nitrogens with one attached hydrogen (secondary N) is 1. The Labute approximate surface area is 178 Å². The molecule has 0 bridgehead atoms. The van der Waals surface area contributed by atoms with Gasteiger partial charge in [-0.05, 0) is 37.5 Å². The molecule has 2 N–H and O–H groups in total. The Kier molecular flexibility index (Phi) is 7.16. The summed E-state index contributed by atoms with van der Waals surface area (Å²) in [7, 11) is 1.97. The van der Waals surface area contributed by atoms with E-state index in [1.54, 1.807) is 0 Å². The maximum Gasteiger partial charge on any atom is 0.490 e. The van der Waals surface area contributed by atoms with E-state index in [9.17, 15) is 13.2 Å². The van der Waals surface area contributed by atoms with E-state index in [4.69, 9.17) is 14.6 Å². The average molecular weight is 441 g/mol. The molecule has 0 radical (unpaired) electrons. The molecule has 2 aliphatic heterocycles. The number of nitrogens with zero attached hydrogens (tertiary/aromatic N) is 4. The second-order valence-corrected chi connectivity index (χ2v) is 7.81. The number of aliphatic carboxylic acids is 1. The van der Waals surface area contributed by atoms with Crippen LogP contribution in [0.3, 0.4) is 0 Å². The van der Waals surface area contributed by atoms with E-state index in [1.165, 1.54) is 0 Å². The zero-order valence-electron chi connectivity index (χ0n) is 17.2. The molecule has 1 spiro atoms. The SMILES string of the molecule is Cn1ccc(CN2CCC3(CC2)CC(Nc2ccccn2)CO3)n1.O=C(O)C(F)(F)F. The van der Waals surface area contributed by atoms with Crippen LogP contribution in [0.1, 0.15) is 25.0 Å². The van der Waals surface area contributed by atoms with Crippen LogP contribution in [-0.2, 0) is 23.1 Å². The maximum absolute atomic E-state index is 10.6. The average Bonchev–Trinajstić information content (AvgIpc) is 3.30. The molecular weight excluding hydrogens is 415 g/mol. The number of carbonyl (C=O) groups is 1. The van der Waals surface area contributed by atoms with Crippen LogP contribution < -0.4 is 5.32 Å². The van der Waals surface area contributed by atoms with E-state index >= 15 is 0 Å². The lowest BCUT2D eigenvalue weighted by Crippen LogP contribution is -2.44. The first-order valence-electron chi connectivity index (χ1n) is 9.98. The van der Waals surface area contributed by atoms with Crippen molar-refractivity contribution in [1.29, 1.82) is 0 Å². The molecule has 2 fully saturated rings. The Morgan fingerprint density at radius 1 is 1.32 bits per heavy atom. The van der Waals surface area contributed by atoms with Gasteiger partial charge in [0.1, 0.15) is 5.82 Å². The lowest BCUT2D eigenvalue weighted by molar-refractivity contribution is -0.192. The van der Waals surface area contributed by atoms with Crippen LogP contribution in [0, 0.1) is 0 Å². The highest BCUT2D eigenvalue weighted by Gasteiger charge is 2.42. The number of piperidine rings is 1. The number of alkyl halides is 3. The van der Waals surface area contributed by atoms with Gasteiger partial charge in [-0.25, -0.2) is 9.78 Å². The molecule has 4 heterocycles. The maximum atomic E-state index is 10.6. The molecule has 31 heavy (non-hydrogen) atoms. The van der Waals surface area contributed by atoms with E-state index in [-0.39, 0.29) is 5.60 Å². The third kappa shape index (κ3) is 6.66. The first-order valence-corrected chi connectivity index (χ1v) is 9.98. The second kappa shape index (κ2) is 9.65. The third-order valence-electron chi connectivity index (χ3n) is 5.39. The van der Waals surface area contributed by atoms with Gasteiger partial charge in [0.25, 0.3) is 0 Å². The number of hydrogen-bond donors (Lipinski definition) is 2. The Hall–Kier alpha value is -2.66. The van der Waals surface area contributed by atoms with Crippen LogP contribution in [0.25, 0.3) is 0 Å². The van der Waals surface area contributed by atoms with Gasteiger partial charge in [-0.1, -0.05) is 6.07 Å². The Balaban J connectivity index is 0.000000339. The normalized spacial score (nSPS) is 20.8. The van der Waals surface area contributed by atoms with Crippen molar-refractivity contribution >= 4 is 11.8 Å². The molecule has 2 aromatic rings. The molecule has 2 aromatic heterocycles. The van der Waals surface area contributed by atoms with Crippen LogP contribution in [-0.4, -0.2) is 68.3 Å². The van der Waals surface area contributed by atoms with Gasteiger partial charge in [0, 0.05) is 39.1 Å². The monoisotopic (exact) mass is 441 g/mol. The molecular formula is C20H26F3N5O3. The van der Waals surface area contributed by atoms with Crippen molar-refractivity contribution in [2.24, 2.45) is 7.05 Å². The van der Waals surface area contributed by atoms with Gasteiger partial charge in [0.05, 0.1) is 23.9 Å². The van der Waals surface area contributed by atoms with E-state index in [2.05, 4.69) is 26.4 Å². The first kappa shape index (κ1) is 23.0. The summed E-state index contributed by atoms with van der Waals surface area (Å²) in [6.45, 7) is 3.86. The van der Waals surface area contributed by atoms with Crippen LogP contribution in [0.4, 0.5) is 19.0 Å². The van der Waals surface area contributed by atoms with Gasteiger partial charge in [0.15, 0.2) is 0 Å². The number of aryl methyl sites for hydroxylation is 1. The van der Waals surface area contributed by atoms with Crippen molar-refractivity contribution in [3.63, 3.8) is 0 Å². The Bertz CT molecular complexity index is 851. The minimum atomic E-state index is -5.08. The summed E-state index contributed by atoms with van der Waals surface area (Å²) in [5.41, 5.74) is 1.20. The smallest absolute Gasteiger partial charge is 0.475 e. The molecule has 8 nitrogen and oxygen atoms in total. The fourth-order valence-electron chi connectivity index (χ4n) is 3.84. The fraction of sp³-hybridized carbons (Fsp3) is 0.550. The molecule has 2 aliphatic rings. The van der Waals surface area contributed by atoms with Crippen molar-refractivity contribution in [2.45, 2.75) is 43.6 Å². The highest BCUT2D eigenvalue weighted by atomic mass is 19.4. The number of rotatable bonds is 4. The van der Waals surface area contributed by atoms with Crippen LogP contribution in [0.15, 0.2) is 36.7 Å². The number of carboxylic acids is 1. The molecule has 2 saturated heterocycles. The fourth-order valence-corrected chi connectivity index (χ4v) is 3.84. The van der Waals surface area contributed by atoms with Crippen LogP contribution >= 0.6 is 0 Å². The Morgan fingerprint density at radius 3 is 2.58 bits per heavy atom. The summed E-state index contributed by atoms with van der Waals surface area (Å²) in [6.07, 6.45) is 2.01. The van der Waals surface area contributed by atoms with Crippen molar-refractivity contribution in [3.8, 4) is 0 Å². The second-order valence-electron chi connectivity index (χ2n) is 7.81. The molecule has 0 amide bonds. The number of carboxylic acid groups (broad SMARTS) is 1. The number of pyridine rings is 1. The highest BCUT2D eigenvalue weighted by molar-refractivity contribution is 5.73. The Morgan fingerprint density at radius 2 is 2.03 bits per heavy atom. The zero-order valence-corrected chi connectivity index (χ0v) is 17.2. The van der Waals surface area contributed by atoms with Gasteiger partial charge in [0.2, 0.25) is 0 Å². The van der Waals surface area contributed by atoms with Crippen LogP contribution in [0.2, 0.25) is 0 Å². The van der Waals surface area contributed by atoms with E-state index in [0.717, 1.165) is 57.0 Å². The topological polar surface area (TPSA) is 92.5 Å². The first-order chi connectivity index (χ1) is 14.7. The lowest BCUT2D eigenvalue weighted by Gasteiger charge is -2.38. The number of likely N-dealkylation sites (tertiary alicyclic amines) is 1. The van der Waals surface area contributed by atoms with E-state index < -0.39 is 12.1 Å². The standard InChI is InChI=1S/C18H25N5O.C2HF3O2/c1-22-9-5-15(21-22)13-23-10-6-18(7-11-23)12-16(14-24-18)20-17-4-2-3-8-19-17;3-2(4,5)1(6)7/h2-5,8-9,16H,6-7,10-14H2,1H3,(H,19,20);(H,6,7). The van der Waals surface area contributed by atoms with Crippen molar-refractivity contribution in [2.75, 3.05) is 25.0 Å². The molecule has 0 aliphatic carbocycles. The van der Waals surface area contributed by atoms with E-state index in [1.807, 2.05) is 42.3 Å². The summed E-state index contributed by atoms with van der Waals surface area (Å²) in [6, 6.07) is 8.43. The molecule has 0 aromatic carbocycles. The van der Waals surface area contributed by atoms with Crippen molar-refractivity contribution in [1.82, 2.24) is 19.7 Å². The third-order valence-corrected chi connectivity index (χ3v) is 5.39. The molecule has 170 valence electrons. The number of halogens is 3. The molecule has 11 heteroatoms. The van der Waals surface area contributed by atoms with Gasteiger partial charge in [-0.3, -0.25) is 9.58 Å². The van der Waals surface area contributed by atoms with Gasteiger partial charge in [-0.2, -0.15) is 18.3 Å². The highest BCUT2D eigenvalue weighted by Crippen LogP contribution is 2.37. The van der Waals surface area contributed by atoms with Gasteiger partial charge < -0.3 is 15.2 Å². The summed E-state index contributed by atoms with van der Waals surface area (Å²) < 4.78 is 39.8. The number of aromatic nitrogens is 3. The summed E-state index contributed by atoms with van der Waals surface area (Å²) in [5.74, 6) is -1.82. The molecule has 1 atom stereocenters. The minimum absolute atomic E-state index is 0.0487. The molecule has 4 rings (SSSR count). The van der Waals surface area contributed by atoms with Crippen molar-refractivity contribution in [3.05, 3.63) is 42.4 Å². The largest absolute Gasteiger partial charge is 0.490 e. The number of ether oxygens (including phenoxy) is 1. The van der Waals surface area contributed by atoms with Gasteiger partial charge in [-0.15, -0.1) is 0 Å². The van der Waals surface area contributed by atoms with Crippen LogP contribution in [0.5, 0.6) is 0 Å².